The van der Waals surface area contributed by atoms with E-state index in [9.17, 15) is 9.59 Å². The standard InChI is InChI=1S/C8H6N3O2/c9-5-3-1-2-4-6(5)8(13)11-10-7(4)12/h1,3H,9H2,(H,10,12)(H,11,13). The van der Waals surface area contributed by atoms with Crippen LogP contribution in [0.5, 0.6) is 0 Å². The summed E-state index contributed by atoms with van der Waals surface area (Å²) in [5.41, 5.74) is 5.00. The highest BCUT2D eigenvalue weighted by Crippen LogP contribution is 2.10. The van der Waals surface area contributed by atoms with Crippen LogP contribution in [0.25, 0.3) is 10.8 Å². The average molecular weight is 176 g/mol. The monoisotopic (exact) mass is 176 g/mol. The zero-order valence-electron chi connectivity index (χ0n) is 6.55. The van der Waals surface area contributed by atoms with E-state index in [1.165, 1.54) is 12.1 Å². The van der Waals surface area contributed by atoms with Gasteiger partial charge in [-0.3, -0.25) is 19.8 Å². The van der Waals surface area contributed by atoms with Gasteiger partial charge in [-0.2, -0.15) is 0 Å². The van der Waals surface area contributed by atoms with Crippen LogP contribution in [0.1, 0.15) is 0 Å². The fourth-order valence-electron chi connectivity index (χ4n) is 1.18. The smallest absolute Gasteiger partial charge is 0.272 e. The van der Waals surface area contributed by atoms with Gasteiger partial charge in [-0.1, -0.05) is 6.07 Å². The third-order valence-corrected chi connectivity index (χ3v) is 1.77. The molecular weight excluding hydrogens is 170 g/mol. The summed E-state index contributed by atoms with van der Waals surface area (Å²) in [5.74, 6) is 0. The summed E-state index contributed by atoms with van der Waals surface area (Å²) in [7, 11) is 0. The number of aromatic nitrogens is 2. The molecule has 2 rings (SSSR count). The lowest BCUT2D eigenvalue weighted by atomic mass is 10.2. The van der Waals surface area contributed by atoms with Crippen LogP contribution in [0.2, 0.25) is 0 Å². The van der Waals surface area contributed by atoms with Crippen molar-refractivity contribution < 1.29 is 0 Å². The molecule has 4 N–H and O–H groups in total. The summed E-state index contributed by atoms with van der Waals surface area (Å²) < 4.78 is 0. The molecule has 65 valence electrons. The van der Waals surface area contributed by atoms with Gasteiger partial charge in [-0.15, -0.1) is 0 Å². The number of H-pyrrole nitrogens is 2. The van der Waals surface area contributed by atoms with E-state index in [2.05, 4.69) is 16.3 Å². The Labute approximate surface area is 72.2 Å². The number of nitrogens with one attached hydrogen (secondary N) is 2. The quantitative estimate of drug-likeness (QED) is 0.477. The van der Waals surface area contributed by atoms with Crippen molar-refractivity contribution in [2.45, 2.75) is 0 Å². The van der Waals surface area contributed by atoms with Gasteiger partial charge in [0, 0.05) is 5.69 Å². The molecule has 1 radical (unpaired) electrons. The first-order chi connectivity index (χ1) is 6.20. The molecule has 0 saturated carbocycles. The molecule has 13 heavy (non-hydrogen) atoms. The lowest BCUT2D eigenvalue weighted by molar-refractivity contribution is 0.977. The number of hydrogen-bond acceptors (Lipinski definition) is 3. The molecular formula is C8H6N3O2. The second-order valence-corrected chi connectivity index (χ2v) is 2.59. The first kappa shape index (κ1) is 7.60. The Morgan fingerprint density at radius 3 is 2.62 bits per heavy atom. The zero-order valence-corrected chi connectivity index (χ0v) is 6.55. The molecule has 0 fully saturated rings. The number of nitrogens with two attached hydrogens (primary N) is 1. The van der Waals surface area contributed by atoms with Crippen molar-refractivity contribution in [2.75, 3.05) is 5.73 Å². The molecule has 0 atom stereocenters. The lowest BCUT2D eigenvalue weighted by Crippen LogP contribution is -2.19. The summed E-state index contributed by atoms with van der Waals surface area (Å²) >= 11 is 0. The Balaban J connectivity index is 3.19. The van der Waals surface area contributed by atoms with E-state index in [-0.39, 0.29) is 16.5 Å². The van der Waals surface area contributed by atoms with Gasteiger partial charge in [-0.05, 0) is 12.1 Å². The van der Waals surface area contributed by atoms with Crippen LogP contribution in [-0.2, 0) is 0 Å². The number of nitrogen functional groups attached to an aromatic ring is 1. The van der Waals surface area contributed by atoms with Crippen molar-refractivity contribution in [1.82, 2.24) is 10.2 Å². The van der Waals surface area contributed by atoms with Crippen LogP contribution < -0.4 is 16.9 Å². The zero-order chi connectivity index (χ0) is 9.42. The number of anilines is 1. The van der Waals surface area contributed by atoms with E-state index in [1.54, 1.807) is 0 Å². The maximum Gasteiger partial charge on any atom is 0.272 e. The molecule has 0 bridgehead atoms. The molecule has 1 aromatic heterocycles. The molecule has 2 aromatic rings. The normalized spacial score (nSPS) is 10.5. The van der Waals surface area contributed by atoms with Crippen LogP contribution in [0.4, 0.5) is 5.69 Å². The minimum absolute atomic E-state index is 0.184. The van der Waals surface area contributed by atoms with Crippen molar-refractivity contribution in [1.29, 1.82) is 0 Å². The minimum atomic E-state index is -0.413. The Kier molecular flexibility index (Phi) is 1.45. The molecule has 5 nitrogen and oxygen atoms in total. The highest BCUT2D eigenvalue weighted by Gasteiger charge is 2.04. The van der Waals surface area contributed by atoms with Gasteiger partial charge in [0.15, 0.2) is 0 Å². The Bertz CT molecular complexity index is 567. The van der Waals surface area contributed by atoms with Crippen LogP contribution in [-0.4, -0.2) is 10.2 Å². The largest absolute Gasteiger partial charge is 0.398 e. The van der Waals surface area contributed by atoms with Crippen molar-refractivity contribution >= 4 is 16.5 Å². The maximum atomic E-state index is 11.2. The fraction of sp³-hybridized carbons (Fsp3) is 0. The topological polar surface area (TPSA) is 91.7 Å². The Morgan fingerprint density at radius 2 is 1.92 bits per heavy atom. The molecule has 0 aliphatic heterocycles. The predicted octanol–water partition coefficient (Wildman–Crippen LogP) is -0.401. The number of benzene rings is 1. The molecule has 0 spiro atoms. The van der Waals surface area contributed by atoms with E-state index in [4.69, 9.17) is 5.73 Å². The first-order valence-corrected chi connectivity index (χ1v) is 3.61. The van der Waals surface area contributed by atoms with E-state index >= 15 is 0 Å². The summed E-state index contributed by atoms with van der Waals surface area (Å²) in [6.07, 6.45) is 0. The van der Waals surface area contributed by atoms with Crippen molar-refractivity contribution in [3.63, 3.8) is 0 Å². The first-order valence-electron chi connectivity index (χ1n) is 3.61. The number of fused-ring (bicyclic) bond motifs is 1. The van der Waals surface area contributed by atoms with Gasteiger partial charge in [-0.25, -0.2) is 0 Å². The SMILES string of the molecule is Nc1cc[c]c2c(=O)[nH][nH]c(=O)c12. The van der Waals surface area contributed by atoms with Crippen LogP contribution in [0.3, 0.4) is 0 Å². The van der Waals surface area contributed by atoms with Crippen molar-refractivity contribution in [2.24, 2.45) is 0 Å². The number of hydrogen-bond donors (Lipinski definition) is 3. The molecule has 0 aliphatic rings. The molecule has 0 amide bonds. The molecule has 0 saturated heterocycles. The number of aromatic amines is 2. The van der Waals surface area contributed by atoms with Gasteiger partial charge >= 0.3 is 0 Å². The second kappa shape index (κ2) is 2.48. The summed E-state index contributed by atoms with van der Waals surface area (Å²) in [4.78, 5) is 22.4. The van der Waals surface area contributed by atoms with Gasteiger partial charge in [0.05, 0.1) is 10.8 Å². The van der Waals surface area contributed by atoms with Crippen LogP contribution in [0, 0.1) is 6.07 Å². The number of rotatable bonds is 0. The summed E-state index contributed by atoms with van der Waals surface area (Å²) in [6.45, 7) is 0. The highest BCUT2D eigenvalue weighted by molar-refractivity contribution is 5.90. The van der Waals surface area contributed by atoms with Crippen molar-refractivity contribution in [3.8, 4) is 0 Å². The Hall–Kier alpha value is -2.04. The third-order valence-electron chi connectivity index (χ3n) is 1.77. The van der Waals surface area contributed by atoms with E-state index in [0.717, 1.165) is 0 Å². The average Bonchev–Trinajstić information content (AvgIpc) is 2.12. The molecule has 5 heteroatoms. The van der Waals surface area contributed by atoms with Gasteiger partial charge in [0.2, 0.25) is 0 Å². The van der Waals surface area contributed by atoms with Gasteiger partial charge in [0.25, 0.3) is 11.1 Å². The summed E-state index contributed by atoms with van der Waals surface area (Å²) in [5, 5.41) is 4.75. The third kappa shape index (κ3) is 1.01. The fourth-order valence-corrected chi connectivity index (χ4v) is 1.18. The van der Waals surface area contributed by atoms with Crippen LogP contribution in [0.15, 0.2) is 21.7 Å². The lowest BCUT2D eigenvalue weighted by Gasteiger charge is -1.97. The van der Waals surface area contributed by atoms with E-state index in [0.29, 0.717) is 0 Å². The van der Waals surface area contributed by atoms with Crippen LogP contribution >= 0.6 is 0 Å². The van der Waals surface area contributed by atoms with Crippen molar-refractivity contribution in [3.05, 3.63) is 38.9 Å². The molecule has 0 unspecified atom stereocenters. The Morgan fingerprint density at radius 1 is 1.23 bits per heavy atom. The second-order valence-electron chi connectivity index (χ2n) is 2.59. The van der Waals surface area contributed by atoms with E-state index in [1.807, 2.05) is 0 Å². The molecule has 0 aliphatic carbocycles. The molecule has 1 heterocycles. The van der Waals surface area contributed by atoms with Gasteiger partial charge in [0.1, 0.15) is 0 Å². The highest BCUT2D eigenvalue weighted by atomic mass is 16.1. The van der Waals surface area contributed by atoms with E-state index < -0.39 is 11.1 Å². The van der Waals surface area contributed by atoms with Gasteiger partial charge < -0.3 is 5.73 Å². The molecule has 1 aromatic carbocycles. The summed E-state index contributed by atoms with van der Waals surface area (Å²) in [6, 6.07) is 5.69. The minimum Gasteiger partial charge on any atom is -0.398 e. The maximum absolute atomic E-state index is 11.2. The predicted molar refractivity (Wildman–Crippen MR) is 48.4 cm³/mol.